The van der Waals surface area contributed by atoms with Gasteiger partial charge >= 0.3 is 0 Å². The minimum Gasteiger partial charge on any atom is -0.350 e. The first-order valence-electron chi connectivity index (χ1n) is 9.66. The van der Waals surface area contributed by atoms with Gasteiger partial charge < -0.3 is 9.13 Å². The number of aryl methyl sites for hydroxylation is 2. The van der Waals surface area contributed by atoms with Crippen molar-refractivity contribution in [2.45, 2.75) is 12.8 Å². The van der Waals surface area contributed by atoms with Crippen LogP contribution in [-0.2, 0) is 18.9 Å². The van der Waals surface area contributed by atoms with Crippen LogP contribution in [0.25, 0.3) is 34.0 Å². The minimum absolute atomic E-state index is 0.181. The summed E-state index contributed by atoms with van der Waals surface area (Å²) in [5.41, 5.74) is 6.42. The highest BCUT2D eigenvalue weighted by atomic mass is 16.1. The second-order valence-corrected chi connectivity index (χ2v) is 7.59. The van der Waals surface area contributed by atoms with Gasteiger partial charge in [-0.1, -0.05) is 36.4 Å². The molecule has 1 fully saturated rings. The molecule has 2 aromatic heterocycles. The summed E-state index contributed by atoms with van der Waals surface area (Å²) in [7, 11) is 4.10. The lowest BCUT2D eigenvalue weighted by Crippen LogP contribution is -1.95. The van der Waals surface area contributed by atoms with Crippen molar-refractivity contribution >= 4 is 39.7 Å². The fourth-order valence-electron chi connectivity index (χ4n) is 4.33. The Morgan fingerprint density at radius 2 is 1.14 bits per heavy atom. The largest absolute Gasteiger partial charge is 0.350 e. The average Bonchev–Trinajstić information content (AvgIpc) is 3.33. The number of Topliss-reactive ketones (excluding diaryl/α,β-unsaturated/α-hetero) is 1. The molecule has 0 bridgehead atoms. The Morgan fingerprint density at radius 3 is 1.61 bits per heavy atom. The first kappa shape index (κ1) is 16.8. The summed E-state index contributed by atoms with van der Waals surface area (Å²) in [5, 5.41) is 2.38. The topological polar surface area (TPSA) is 26.9 Å². The highest BCUT2D eigenvalue weighted by Gasteiger charge is 2.24. The average molecular weight is 366 g/mol. The molecule has 5 rings (SSSR count). The molecule has 0 unspecified atom stereocenters. The Morgan fingerprint density at radius 1 is 0.714 bits per heavy atom. The van der Waals surface area contributed by atoms with E-state index in [9.17, 15) is 4.79 Å². The van der Waals surface area contributed by atoms with Gasteiger partial charge in [0.2, 0.25) is 0 Å². The summed E-state index contributed by atoms with van der Waals surface area (Å²) in [4.78, 5) is 13.0. The minimum atomic E-state index is 0.181. The molecule has 0 aliphatic heterocycles. The van der Waals surface area contributed by atoms with Crippen molar-refractivity contribution in [3.05, 3.63) is 83.2 Å². The maximum absolute atomic E-state index is 13.0. The molecule has 3 heteroatoms. The molecule has 138 valence electrons. The second kappa shape index (κ2) is 6.38. The number of para-hydroxylation sites is 2. The molecule has 3 nitrogen and oxygen atoms in total. The van der Waals surface area contributed by atoms with Crippen molar-refractivity contribution in [1.29, 1.82) is 0 Å². The Labute approximate surface area is 164 Å². The number of benzene rings is 2. The lowest BCUT2D eigenvalue weighted by Gasteiger charge is -1.97. The smallest absolute Gasteiger partial charge is 0.185 e. The zero-order valence-electron chi connectivity index (χ0n) is 16.1. The van der Waals surface area contributed by atoms with Crippen LogP contribution < -0.4 is 0 Å². The summed E-state index contributed by atoms with van der Waals surface area (Å²) in [5.74, 6) is 0.181. The molecule has 1 aliphatic rings. The van der Waals surface area contributed by atoms with Crippen molar-refractivity contribution in [3.63, 3.8) is 0 Å². The molecule has 4 aromatic rings. The van der Waals surface area contributed by atoms with Gasteiger partial charge in [0.15, 0.2) is 5.78 Å². The lowest BCUT2D eigenvalue weighted by atomic mass is 10.1. The third kappa shape index (κ3) is 2.63. The molecular weight excluding hydrogens is 344 g/mol. The van der Waals surface area contributed by atoms with E-state index in [2.05, 4.69) is 57.9 Å². The third-order valence-corrected chi connectivity index (χ3v) is 5.76. The molecule has 2 aromatic carbocycles. The monoisotopic (exact) mass is 366 g/mol. The van der Waals surface area contributed by atoms with Gasteiger partial charge in [0, 0.05) is 70.6 Å². The van der Waals surface area contributed by atoms with Crippen molar-refractivity contribution in [1.82, 2.24) is 9.13 Å². The fourth-order valence-corrected chi connectivity index (χ4v) is 4.33. The fraction of sp³-hybridized carbons (Fsp3) is 0.160. The van der Waals surface area contributed by atoms with E-state index in [-0.39, 0.29) is 5.78 Å². The van der Waals surface area contributed by atoms with Gasteiger partial charge in [-0.3, -0.25) is 4.79 Å². The number of allylic oxidation sites excluding steroid dienone is 2. The molecule has 1 saturated carbocycles. The van der Waals surface area contributed by atoms with Gasteiger partial charge in [-0.15, -0.1) is 0 Å². The number of nitrogens with zero attached hydrogens (tertiary/aromatic N) is 2. The first-order chi connectivity index (χ1) is 13.6. The van der Waals surface area contributed by atoms with Crippen LogP contribution in [0.5, 0.6) is 0 Å². The van der Waals surface area contributed by atoms with Gasteiger partial charge in [0.1, 0.15) is 0 Å². The number of carbonyl (C=O) groups is 1. The van der Waals surface area contributed by atoms with Crippen LogP contribution in [0.3, 0.4) is 0 Å². The predicted octanol–water partition coefficient (Wildman–Crippen LogP) is 5.50. The van der Waals surface area contributed by atoms with Crippen LogP contribution in [0.2, 0.25) is 0 Å². The van der Waals surface area contributed by atoms with E-state index in [1.807, 2.05) is 38.4 Å². The van der Waals surface area contributed by atoms with Crippen LogP contribution in [0.1, 0.15) is 24.0 Å². The standard InChI is InChI=1S/C25H22N2O/c1-26-15-19(21-7-3-5-9-23(21)26)13-17-11-12-18(25(17)28)14-20-16-27(2)24-10-6-4-8-22(20)24/h3-10,13-16H,11-12H2,1-2H3/b17-13+,18-14+. The number of ketones is 1. The van der Waals surface area contributed by atoms with Gasteiger partial charge in [0.05, 0.1) is 0 Å². The Hall–Kier alpha value is -3.33. The van der Waals surface area contributed by atoms with E-state index in [0.29, 0.717) is 0 Å². The van der Waals surface area contributed by atoms with Crippen LogP contribution >= 0.6 is 0 Å². The normalized spacial score (nSPS) is 17.6. The van der Waals surface area contributed by atoms with Gasteiger partial charge in [0.25, 0.3) is 0 Å². The molecule has 1 aliphatic carbocycles. The molecular formula is C25H22N2O. The maximum atomic E-state index is 13.0. The Kier molecular flexibility index (Phi) is 3.83. The summed E-state index contributed by atoms with van der Waals surface area (Å²) in [6, 6.07) is 16.6. The van der Waals surface area contributed by atoms with Gasteiger partial charge in [-0.05, 0) is 37.1 Å². The quantitative estimate of drug-likeness (QED) is 0.430. The number of aromatic nitrogens is 2. The van der Waals surface area contributed by atoms with Gasteiger partial charge in [-0.2, -0.15) is 0 Å². The van der Waals surface area contributed by atoms with Crippen LogP contribution in [0, 0.1) is 0 Å². The maximum Gasteiger partial charge on any atom is 0.185 e. The predicted molar refractivity (Wildman–Crippen MR) is 116 cm³/mol. The molecule has 0 N–H and O–H groups in total. The van der Waals surface area contributed by atoms with E-state index >= 15 is 0 Å². The second-order valence-electron chi connectivity index (χ2n) is 7.59. The van der Waals surface area contributed by atoms with Crippen LogP contribution in [0.4, 0.5) is 0 Å². The third-order valence-electron chi connectivity index (χ3n) is 5.76. The zero-order valence-corrected chi connectivity index (χ0v) is 16.1. The lowest BCUT2D eigenvalue weighted by molar-refractivity contribution is -0.111. The van der Waals surface area contributed by atoms with E-state index < -0.39 is 0 Å². The number of carbonyl (C=O) groups excluding carboxylic acids is 1. The summed E-state index contributed by atoms with van der Waals surface area (Å²) in [6.07, 6.45) is 9.98. The van der Waals surface area contributed by atoms with Crippen LogP contribution in [0.15, 0.2) is 72.1 Å². The van der Waals surface area contributed by atoms with E-state index in [4.69, 9.17) is 0 Å². The van der Waals surface area contributed by atoms with Crippen molar-refractivity contribution in [2.75, 3.05) is 0 Å². The summed E-state index contributed by atoms with van der Waals surface area (Å²) >= 11 is 0. The van der Waals surface area contributed by atoms with Crippen molar-refractivity contribution in [2.24, 2.45) is 14.1 Å². The molecule has 0 spiro atoms. The first-order valence-corrected chi connectivity index (χ1v) is 9.66. The number of hydrogen-bond acceptors (Lipinski definition) is 1. The number of rotatable bonds is 2. The van der Waals surface area contributed by atoms with E-state index in [0.717, 1.165) is 35.1 Å². The molecule has 0 radical (unpaired) electrons. The van der Waals surface area contributed by atoms with E-state index in [1.54, 1.807) is 0 Å². The molecule has 0 amide bonds. The van der Waals surface area contributed by atoms with Crippen molar-refractivity contribution in [3.8, 4) is 0 Å². The molecule has 0 saturated heterocycles. The molecule has 2 heterocycles. The zero-order chi connectivity index (χ0) is 19.3. The summed E-state index contributed by atoms with van der Waals surface area (Å²) < 4.78 is 4.24. The van der Waals surface area contributed by atoms with Crippen LogP contribution in [-0.4, -0.2) is 14.9 Å². The molecule has 28 heavy (non-hydrogen) atoms. The number of hydrogen-bond donors (Lipinski definition) is 0. The SMILES string of the molecule is Cn1cc(/C=C2\CC/C(=C\c3cn(C)c4ccccc34)C2=O)c2ccccc21. The number of fused-ring (bicyclic) bond motifs is 2. The Balaban J connectivity index is 1.53. The Bertz CT molecular complexity index is 1200. The summed E-state index contributed by atoms with van der Waals surface area (Å²) in [6.45, 7) is 0. The molecule has 0 atom stereocenters. The highest BCUT2D eigenvalue weighted by molar-refractivity contribution is 6.16. The van der Waals surface area contributed by atoms with Gasteiger partial charge in [-0.25, -0.2) is 0 Å². The van der Waals surface area contributed by atoms with E-state index in [1.165, 1.54) is 21.8 Å². The highest BCUT2D eigenvalue weighted by Crippen LogP contribution is 2.33. The van der Waals surface area contributed by atoms with Crippen molar-refractivity contribution < 1.29 is 4.79 Å².